The number of rotatable bonds is 5. The number of carbonyl (C=O) groups is 2. The van der Waals surface area contributed by atoms with Gasteiger partial charge in [0, 0.05) is 61.1 Å². The SMILES string of the molecule is O=C(c1cc2cc(Nc3nccc(-c4ccccn4)n3)ccc2[nH]1)N1CCC(C(=O)N2CCCCC2)CC1. The summed E-state index contributed by atoms with van der Waals surface area (Å²) in [5, 5.41) is 4.18. The fourth-order valence-electron chi connectivity index (χ4n) is 5.40. The van der Waals surface area contributed by atoms with Crippen LogP contribution < -0.4 is 5.32 Å². The highest BCUT2D eigenvalue weighted by Crippen LogP contribution is 2.26. The van der Waals surface area contributed by atoms with Crippen molar-refractivity contribution in [2.24, 2.45) is 5.92 Å². The van der Waals surface area contributed by atoms with Crippen molar-refractivity contribution >= 4 is 34.4 Å². The molecule has 38 heavy (non-hydrogen) atoms. The maximum absolute atomic E-state index is 13.3. The van der Waals surface area contributed by atoms with E-state index in [2.05, 4.69) is 25.3 Å². The van der Waals surface area contributed by atoms with E-state index in [-0.39, 0.29) is 17.7 Å². The quantitative estimate of drug-likeness (QED) is 0.406. The average Bonchev–Trinajstić information content (AvgIpc) is 3.41. The summed E-state index contributed by atoms with van der Waals surface area (Å²) in [6.07, 6.45) is 8.32. The molecular weight excluding hydrogens is 478 g/mol. The van der Waals surface area contributed by atoms with Crippen LogP contribution in [0.1, 0.15) is 42.6 Å². The summed E-state index contributed by atoms with van der Waals surface area (Å²) in [7, 11) is 0. The molecule has 9 nitrogen and oxygen atoms in total. The third-order valence-electron chi connectivity index (χ3n) is 7.49. The minimum absolute atomic E-state index is 0.0222. The van der Waals surface area contributed by atoms with E-state index in [0.29, 0.717) is 24.7 Å². The first-order chi connectivity index (χ1) is 18.6. The average molecular weight is 510 g/mol. The van der Waals surface area contributed by atoms with Gasteiger partial charge in [0.15, 0.2) is 0 Å². The highest BCUT2D eigenvalue weighted by Gasteiger charge is 2.31. The Hall–Kier alpha value is -4.27. The van der Waals surface area contributed by atoms with E-state index in [1.807, 2.05) is 58.3 Å². The Bertz CT molecular complexity index is 1440. The lowest BCUT2D eigenvalue weighted by Crippen LogP contribution is -2.45. The Morgan fingerprint density at radius 1 is 0.842 bits per heavy atom. The molecule has 194 valence electrons. The van der Waals surface area contributed by atoms with Crippen molar-refractivity contribution in [3.63, 3.8) is 0 Å². The van der Waals surface area contributed by atoms with Crippen LogP contribution in [-0.4, -0.2) is 67.7 Å². The Balaban J connectivity index is 1.11. The van der Waals surface area contributed by atoms with Gasteiger partial charge in [-0.3, -0.25) is 14.6 Å². The van der Waals surface area contributed by atoms with Gasteiger partial charge in [0.05, 0.1) is 11.4 Å². The highest BCUT2D eigenvalue weighted by atomic mass is 16.2. The summed E-state index contributed by atoms with van der Waals surface area (Å²) in [5.41, 5.74) is 3.79. The fourth-order valence-corrected chi connectivity index (χ4v) is 5.40. The summed E-state index contributed by atoms with van der Waals surface area (Å²) >= 11 is 0. The zero-order valence-electron chi connectivity index (χ0n) is 21.3. The van der Waals surface area contributed by atoms with Crippen LogP contribution in [0.3, 0.4) is 0 Å². The van der Waals surface area contributed by atoms with E-state index < -0.39 is 0 Å². The molecular formula is C29H31N7O2. The van der Waals surface area contributed by atoms with Crippen molar-refractivity contribution in [1.82, 2.24) is 29.7 Å². The molecule has 1 aromatic carbocycles. The van der Waals surface area contributed by atoms with Crippen LogP contribution in [0.5, 0.6) is 0 Å². The molecule has 0 spiro atoms. The van der Waals surface area contributed by atoms with Crippen molar-refractivity contribution in [3.8, 4) is 11.4 Å². The zero-order chi connectivity index (χ0) is 25.9. The number of likely N-dealkylation sites (tertiary alicyclic amines) is 2. The Morgan fingerprint density at radius 3 is 2.47 bits per heavy atom. The number of nitrogens with zero attached hydrogens (tertiary/aromatic N) is 5. The first-order valence-electron chi connectivity index (χ1n) is 13.4. The molecule has 0 aliphatic carbocycles. The second-order valence-electron chi connectivity index (χ2n) is 10.0. The number of hydrogen-bond acceptors (Lipinski definition) is 6. The van der Waals surface area contributed by atoms with Gasteiger partial charge >= 0.3 is 0 Å². The summed E-state index contributed by atoms with van der Waals surface area (Å²) in [6, 6.07) is 15.3. The molecule has 2 fully saturated rings. The van der Waals surface area contributed by atoms with Crippen molar-refractivity contribution < 1.29 is 9.59 Å². The second kappa shape index (κ2) is 10.6. The molecule has 5 heterocycles. The van der Waals surface area contributed by atoms with Crippen LogP contribution in [0.15, 0.2) is 60.9 Å². The smallest absolute Gasteiger partial charge is 0.270 e. The number of benzene rings is 1. The minimum atomic E-state index is -0.0222. The molecule has 2 N–H and O–H groups in total. The van der Waals surface area contributed by atoms with E-state index in [1.165, 1.54) is 6.42 Å². The summed E-state index contributed by atoms with van der Waals surface area (Å²) in [6.45, 7) is 2.97. The highest BCUT2D eigenvalue weighted by molar-refractivity contribution is 5.99. The van der Waals surface area contributed by atoms with Gasteiger partial charge in [-0.25, -0.2) is 9.97 Å². The number of aromatic amines is 1. The van der Waals surface area contributed by atoms with Gasteiger partial charge in [0.2, 0.25) is 11.9 Å². The molecule has 0 bridgehead atoms. The Kier molecular flexibility index (Phi) is 6.73. The van der Waals surface area contributed by atoms with Crippen molar-refractivity contribution in [2.75, 3.05) is 31.5 Å². The number of carbonyl (C=O) groups excluding carboxylic acids is 2. The van der Waals surface area contributed by atoms with Crippen LogP contribution in [-0.2, 0) is 4.79 Å². The van der Waals surface area contributed by atoms with Crippen molar-refractivity contribution in [1.29, 1.82) is 0 Å². The lowest BCUT2D eigenvalue weighted by molar-refractivity contribution is -0.137. The molecule has 0 radical (unpaired) electrons. The summed E-state index contributed by atoms with van der Waals surface area (Å²) in [5.74, 6) is 0.760. The number of H-pyrrole nitrogens is 1. The van der Waals surface area contributed by atoms with E-state index in [9.17, 15) is 9.59 Å². The molecule has 2 aliphatic rings. The first kappa shape index (κ1) is 24.1. The molecule has 2 saturated heterocycles. The lowest BCUT2D eigenvalue weighted by atomic mass is 9.94. The molecule has 6 rings (SSSR count). The number of piperidine rings is 2. The normalized spacial score (nSPS) is 16.5. The standard InChI is InChI=1S/C29H31N7O2/c37-27(35-14-4-1-5-15-35)20-10-16-36(17-11-20)28(38)26-19-21-18-22(7-8-23(21)33-26)32-29-31-13-9-25(34-29)24-6-2-3-12-30-24/h2-3,6-9,12-13,18-20,33H,1,4-5,10-11,14-17H2,(H,31,32,34). The molecule has 0 unspecified atom stereocenters. The minimum Gasteiger partial charge on any atom is -0.351 e. The van der Waals surface area contributed by atoms with Gasteiger partial charge in [0.25, 0.3) is 5.91 Å². The number of amides is 2. The van der Waals surface area contributed by atoms with Gasteiger partial charge in [-0.2, -0.15) is 0 Å². The molecule has 2 aliphatic heterocycles. The molecule has 0 saturated carbocycles. The van der Waals surface area contributed by atoms with Crippen LogP contribution >= 0.6 is 0 Å². The van der Waals surface area contributed by atoms with E-state index in [4.69, 9.17) is 0 Å². The number of hydrogen-bond donors (Lipinski definition) is 2. The molecule has 9 heteroatoms. The Labute approximate surface area is 221 Å². The first-order valence-corrected chi connectivity index (χ1v) is 13.4. The largest absolute Gasteiger partial charge is 0.351 e. The van der Waals surface area contributed by atoms with E-state index in [1.54, 1.807) is 12.4 Å². The number of aromatic nitrogens is 4. The third-order valence-corrected chi connectivity index (χ3v) is 7.49. The van der Waals surface area contributed by atoms with Crippen molar-refractivity contribution in [3.05, 3.63) is 66.6 Å². The third kappa shape index (κ3) is 5.09. The second-order valence-corrected chi connectivity index (χ2v) is 10.0. The van der Waals surface area contributed by atoms with Crippen LogP contribution in [0.4, 0.5) is 11.6 Å². The maximum atomic E-state index is 13.3. The number of anilines is 2. The zero-order valence-corrected chi connectivity index (χ0v) is 21.3. The predicted molar refractivity (Wildman–Crippen MR) is 146 cm³/mol. The fraction of sp³-hybridized carbons (Fsp3) is 0.345. The van der Waals surface area contributed by atoms with Gasteiger partial charge in [-0.1, -0.05) is 6.07 Å². The number of fused-ring (bicyclic) bond motifs is 1. The molecule has 3 aromatic heterocycles. The predicted octanol–water partition coefficient (Wildman–Crippen LogP) is 4.63. The van der Waals surface area contributed by atoms with Crippen LogP contribution in [0.25, 0.3) is 22.3 Å². The van der Waals surface area contributed by atoms with E-state index >= 15 is 0 Å². The summed E-state index contributed by atoms with van der Waals surface area (Å²) in [4.78, 5) is 46.5. The molecule has 0 atom stereocenters. The van der Waals surface area contributed by atoms with Crippen LogP contribution in [0, 0.1) is 5.92 Å². The van der Waals surface area contributed by atoms with Crippen LogP contribution in [0.2, 0.25) is 0 Å². The number of pyridine rings is 1. The number of nitrogens with one attached hydrogen (secondary N) is 2. The Morgan fingerprint density at radius 2 is 1.68 bits per heavy atom. The summed E-state index contributed by atoms with van der Waals surface area (Å²) < 4.78 is 0. The van der Waals surface area contributed by atoms with Gasteiger partial charge in [-0.15, -0.1) is 0 Å². The van der Waals surface area contributed by atoms with Crippen molar-refractivity contribution in [2.45, 2.75) is 32.1 Å². The topological polar surface area (TPSA) is 107 Å². The molecule has 4 aromatic rings. The van der Waals surface area contributed by atoms with Gasteiger partial charge < -0.3 is 20.1 Å². The van der Waals surface area contributed by atoms with E-state index in [0.717, 1.165) is 66.8 Å². The monoisotopic (exact) mass is 509 g/mol. The van der Waals surface area contributed by atoms with Gasteiger partial charge in [-0.05, 0) is 74.6 Å². The molecule has 2 amide bonds. The lowest BCUT2D eigenvalue weighted by Gasteiger charge is -2.35. The van der Waals surface area contributed by atoms with Gasteiger partial charge in [0.1, 0.15) is 5.69 Å². The maximum Gasteiger partial charge on any atom is 0.270 e.